The Morgan fingerprint density at radius 1 is 1.44 bits per heavy atom. The van der Waals surface area contributed by atoms with Gasteiger partial charge in [-0.1, -0.05) is 18.5 Å². The largest absolute Gasteiger partial charge is 0.395 e. The van der Waals surface area contributed by atoms with E-state index in [9.17, 15) is 5.11 Å². The Kier molecular flexibility index (Phi) is 4.49. The van der Waals surface area contributed by atoms with Gasteiger partial charge < -0.3 is 15.3 Å². The van der Waals surface area contributed by atoms with E-state index in [4.69, 9.17) is 11.6 Å². The van der Waals surface area contributed by atoms with Crippen LogP contribution in [0.3, 0.4) is 0 Å². The van der Waals surface area contributed by atoms with Gasteiger partial charge in [-0.2, -0.15) is 0 Å². The molecule has 3 nitrogen and oxygen atoms in total. The first-order chi connectivity index (χ1) is 8.60. The highest BCUT2D eigenvalue weighted by Crippen LogP contribution is 2.25. The standard InChI is InChI=1S/C14H21ClN2O/c1-10-6-16-13(9-18)8-17(7-10)14-4-3-12(15)5-11(14)2/h3-5,10,13,16,18H,6-9H2,1-2H3. The second kappa shape index (κ2) is 5.91. The number of halogens is 1. The van der Waals surface area contributed by atoms with Gasteiger partial charge in [0.1, 0.15) is 0 Å². The molecule has 0 radical (unpaired) electrons. The lowest BCUT2D eigenvalue weighted by Crippen LogP contribution is -2.40. The third kappa shape index (κ3) is 3.16. The van der Waals surface area contributed by atoms with Crippen LogP contribution in [0.15, 0.2) is 18.2 Å². The Morgan fingerprint density at radius 3 is 2.89 bits per heavy atom. The smallest absolute Gasteiger partial charge is 0.0601 e. The first-order valence-corrected chi connectivity index (χ1v) is 6.83. The average molecular weight is 269 g/mol. The molecule has 1 aromatic rings. The van der Waals surface area contributed by atoms with Crippen LogP contribution >= 0.6 is 11.6 Å². The Labute approximate surface area is 114 Å². The normalized spacial score (nSPS) is 25.0. The maximum absolute atomic E-state index is 9.37. The number of aliphatic hydroxyl groups excluding tert-OH is 1. The van der Waals surface area contributed by atoms with Crippen LogP contribution < -0.4 is 10.2 Å². The molecule has 18 heavy (non-hydrogen) atoms. The number of nitrogens with one attached hydrogen (secondary N) is 1. The molecule has 100 valence electrons. The van der Waals surface area contributed by atoms with E-state index in [1.54, 1.807) is 0 Å². The molecule has 1 heterocycles. The molecular formula is C14H21ClN2O. The second-order valence-electron chi connectivity index (χ2n) is 5.23. The van der Waals surface area contributed by atoms with Crippen molar-refractivity contribution in [2.75, 3.05) is 31.1 Å². The molecule has 0 saturated carbocycles. The summed E-state index contributed by atoms with van der Waals surface area (Å²) in [5.74, 6) is 0.566. The molecule has 0 bridgehead atoms. The quantitative estimate of drug-likeness (QED) is 0.862. The molecular weight excluding hydrogens is 248 g/mol. The fourth-order valence-electron chi connectivity index (χ4n) is 2.51. The molecule has 1 aromatic carbocycles. The molecule has 2 rings (SSSR count). The van der Waals surface area contributed by atoms with Gasteiger partial charge in [0.05, 0.1) is 6.61 Å². The summed E-state index contributed by atoms with van der Waals surface area (Å²) in [5, 5.41) is 13.5. The highest BCUT2D eigenvalue weighted by Gasteiger charge is 2.21. The van der Waals surface area contributed by atoms with E-state index in [1.807, 2.05) is 12.1 Å². The first kappa shape index (κ1) is 13.7. The predicted octanol–water partition coefficient (Wildman–Crippen LogP) is 2.06. The summed E-state index contributed by atoms with van der Waals surface area (Å²) in [4.78, 5) is 2.34. The van der Waals surface area contributed by atoms with Crippen molar-refractivity contribution < 1.29 is 5.11 Å². The van der Waals surface area contributed by atoms with Crippen LogP contribution in [0.5, 0.6) is 0 Å². The summed E-state index contributed by atoms with van der Waals surface area (Å²) in [6.45, 7) is 7.28. The molecule has 2 N–H and O–H groups in total. The molecule has 0 aromatic heterocycles. The number of aliphatic hydroxyl groups is 1. The highest BCUT2D eigenvalue weighted by molar-refractivity contribution is 6.30. The Morgan fingerprint density at radius 2 is 2.22 bits per heavy atom. The zero-order valence-electron chi connectivity index (χ0n) is 11.0. The van der Waals surface area contributed by atoms with Crippen LogP contribution in [-0.2, 0) is 0 Å². The van der Waals surface area contributed by atoms with Crippen LogP contribution in [0.4, 0.5) is 5.69 Å². The maximum Gasteiger partial charge on any atom is 0.0601 e. The van der Waals surface area contributed by atoms with Gasteiger partial charge in [-0.15, -0.1) is 0 Å². The summed E-state index contributed by atoms with van der Waals surface area (Å²) < 4.78 is 0. The zero-order chi connectivity index (χ0) is 13.1. The van der Waals surface area contributed by atoms with Crippen molar-refractivity contribution in [3.8, 4) is 0 Å². The topological polar surface area (TPSA) is 35.5 Å². The van der Waals surface area contributed by atoms with Gasteiger partial charge in [0, 0.05) is 29.8 Å². The molecule has 2 unspecified atom stereocenters. The molecule has 1 aliphatic heterocycles. The van der Waals surface area contributed by atoms with Crippen molar-refractivity contribution in [3.63, 3.8) is 0 Å². The Hall–Kier alpha value is -0.770. The van der Waals surface area contributed by atoms with E-state index in [1.165, 1.54) is 11.3 Å². The minimum Gasteiger partial charge on any atom is -0.395 e. The van der Waals surface area contributed by atoms with Gasteiger partial charge in [0.25, 0.3) is 0 Å². The SMILES string of the molecule is Cc1cc(Cl)ccc1N1CC(C)CNC(CO)C1. The number of aryl methyl sites for hydroxylation is 1. The Balaban J connectivity index is 2.23. The molecule has 2 atom stereocenters. The van der Waals surface area contributed by atoms with Gasteiger partial charge in [0.15, 0.2) is 0 Å². The van der Waals surface area contributed by atoms with E-state index < -0.39 is 0 Å². The fourth-order valence-corrected chi connectivity index (χ4v) is 2.73. The molecule has 1 fully saturated rings. The molecule has 1 aliphatic rings. The van der Waals surface area contributed by atoms with E-state index >= 15 is 0 Å². The van der Waals surface area contributed by atoms with Crippen LogP contribution in [0.1, 0.15) is 12.5 Å². The molecule has 0 spiro atoms. The second-order valence-corrected chi connectivity index (χ2v) is 5.67. The van der Waals surface area contributed by atoms with Crippen molar-refractivity contribution in [3.05, 3.63) is 28.8 Å². The van der Waals surface area contributed by atoms with Crippen LogP contribution in [0.2, 0.25) is 5.02 Å². The van der Waals surface area contributed by atoms with E-state index in [2.05, 4.69) is 30.1 Å². The Bertz CT molecular complexity index is 411. The lowest BCUT2D eigenvalue weighted by molar-refractivity contribution is 0.247. The highest BCUT2D eigenvalue weighted by atomic mass is 35.5. The third-order valence-electron chi connectivity index (χ3n) is 3.45. The van der Waals surface area contributed by atoms with Gasteiger partial charge in [-0.3, -0.25) is 0 Å². The molecule has 1 saturated heterocycles. The number of hydrogen-bond acceptors (Lipinski definition) is 3. The summed E-state index contributed by atoms with van der Waals surface area (Å²) in [6, 6.07) is 6.14. The molecule has 4 heteroatoms. The van der Waals surface area contributed by atoms with Crippen molar-refractivity contribution in [2.45, 2.75) is 19.9 Å². The number of benzene rings is 1. The van der Waals surface area contributed by atoms with Crippen LogP contribution in [0.25, 0.3) is 0 Å². The van der Waals surface area contributed by atoms with Gasteiger partial charge in [0.2, 0.25) is 0 Å². The molecule has 0 aliphatic carbocycles. The first-order valence-electron chi connectivity index (χ1n) is 6.45. The minimum absolute atomic E-state index is 0.144. The summed E-state index contributed by atoms with van der Waals surface area (Å²) in [7, 11) is 0. The van der Waals surface area contributed by atoms with Crippen LogP contribution in [0, 0.1) is 12.8 Å². The number of hydrogen-bond donors (Lipinski definition) is 2. The van der Waals surface area contributed by atoms with Crippen molar-refractivity contribution in [1.82, 2.24) is 5.32 Å². The number of nitrogens with zero attached hydrogens (tertiary/aromatic N) is 1. The van der Waals surface area contributed by atoms with Gasteiger partial charge in [-0.25, -0.2) is 0 Å². The van der Waals surface area contributed by atoms with E-state index in [0.29, 0.717) is 5.92 Å². The average Bonchev–Trinajstić information content (AvgIpc) is 2.51. The van der Waals surface area contributed by atoms with Crippen LogP contribution in [-0.4, -0.2) is 37.4 Å². The van der Waals surface area contributed by atoms with Gasteiger partial charge >= 0.3 is 0 Å². The maximum atomic E-state index is 9.37. The van der Waals surface area contributed by atoms with E-state index in [-0.39, 0.29) is 12.6 Å². The molecule has 0 amide bonds. The number of anilines is 1. The lowest BCUT2D eigenvalue weighted by Gasteiger charge is -2.28. The van der Waals surface area contributed by atoms with Gasteiger partial charge in [-0.05, 0) is 43.1 Å². The zero-order valence-corrected chi connectivity index (χ0v) is 11.7. The summed E-state index contributed by atoms with van der Waals surface area (Å²) >= 11 is 6.00. The van der Waals surface area contributed by atoms with Crippen molar-refractivity contribution in [2.24, 2.45) is 5.92 Å². The number of rotatable bonds is 2. The minimum atomic E-state index is 0.144. The summed E-state index contributed by atoms with van der Waals surface area (Å²) in [5.41, 5.74) is 2.40. The van der Waals surface area contributed by atoms with Crippen molar-refractivity contribution in [1.29, 1.82) is 0 Å². The monoisotopic (exact) mass is 268 g/mol. The third-order valence-corrected chi connectivity index (χ3v) is 3.68. The lowest BCUT2D eigenvalue weighted by atomic mass is 10.1. The summed E-state index contributed by atoms with van der Waals surface area (Å²) in [6.07, 6.45) is 0. The predicted molar refractivity (Wildman–Crippen MR) is 76.4 cm³/mol. The van der Waals surface area contributed by atoms with E-state index in [0.717, 1.165) is 24.7 Å². The fraction of sp³-hybridized carbons (Fsp3) is 0.571. The van der Waals surface area contributed by atoms with Crippen molar-refractivity contribution >= 4 is 17.3 Å².